The van der Waals surface area contributed by atoms with Gasteiger partial charge < -0.3 is 15.4 Å². The Morgan fingerprint density at radius 3 is 2.62 bits per heavy atom. The molecular formula is C16H32N2O2S. The average molecular weight is 317 g/mol. The lowest BCUT2D eigenvalue weighted by atomic mass is 10.2. The number of nitrogens with one attached hydrogen (secondary N) is 2. The molecular weight excluding hydrogens is 284 g/mol. The number of amides is 1. The molecule has 1 fully saturated rings. The van der Waals surface area contributed by atoms with Crippen LogP contribution in [0.1, 0.15) is 60.3 Å². The van der Waals surface area contributed by atoms with Crippen molar-refractivity contribution in [2.24, 2.45) is 0 Å². The van der Waals surface area contributed by atoms with E-state index in [9.17, 15) is 4.79 Å². The van der Waals surface area contributed by atoms with Crippen molar-refractivity contribution in [1.82, 2.24) is 10.6 Å². The monoisotopic (exact) mass is 316 g/mol. The van der Waals surface area contributed by atoms with Crippen LogP contribution in [0.2, 0.25) is 0 Å². The molecule has 0 saturated heterocycles. The molecule has 124 valence electrons. The zero-order chi connectivity index (χ0) is 15.9. The van der Waals surface area contributed by atoms with E-state index in [0.29, 0.717) is 12.1 Å². The molecule has 1 saturated carbocycles. The smallest absolute Gasteiger partial charge is 0.407 e. The summed E-state index contributed by atoms with van der Waals surface area (Å²) in [4.78, 5) is 11.8. The largest absolute Gasteiger partial charge is 0.444 e. The molecule has 2 N–H and O–H groups in total. The molecule has 0 heterocycles. The summed E-state index contributed by atoms with van der Waals surface area (Å²) in [6, 6.07) is 1.32. The normalized spacial score (nSPS) is 23.9. The summed E-state index contributed by atoms with van der Waals surface area (Å²) in [5.74, 6) is 2.41. The van der Waals surface area contributed by atoms with E-state index in [1.807, 2.05) is 32.5 Å². The van der Waals surface area contributed by atoms with Gasteiger partial charge in [-0.3, -0.25) is 0 Å². The Kier molecular flexibility index (Phi) is 7.88. The van der Waals surface area contributed by atoms with Gasteiger partial charge in [0.1, 0.15) is 5.60 Å². The number of carbonyl (C=O) groups excluding carboxylic acids is 1. The second kappa shape index (κ2) is 8.89. The summed E-state index contributed by atoms with van der Waals surface area (Å²) in [5, 5.41) is 6.67. The molecule has 1 rings (SSSR count). The first-order chi connectivity index (χ1) is 9.80. The zero-order valence-corrected chi connectivity index (χ0v) is 15.0. The first kappa shape index (κ1) is 18.6. The van der Waals surface area contributed by atoms with Crippen LogP contribution in [-0.2, 0) is 4.74 Å². The van der Waals surface area contributed by atoms with Crippen molar-refractivity contribution in [3.63, 3.8) is 0 Å². The molecule has 3 atom stereocenters. The zero-order valence-electron chi connectivity index (χ0n) is 14.2. The fourth-order valence-corrected chi connectivity index (χ4v) is 3.44. The SMILES string of the molecule is CCSCCC(C)NC1CCC(NC(=O)OC(C)(C)C)C1. The van der Waals surface area contributed by atoms with E-state index in [1.54, 1.807) is 0 Å². The van der Waals surface area contributed by atoms with Crippen LogP contribution in [0, 0.1) is 0 Å². The lowest BCUT2D eigenvalue weighted by molar-refractivity contribution is 0.0505. The van der Waals surface area contributed by atoms with Gasteiger partial charge in [-0.15, -0.1) is 0 Å². The molecule has 1 aliphatic rings. The molecule has 21 heavy (non-hydrogen) atoms. The summed E-state index contributed by atoms with van der Waals surface area (Å²) in [7, 11) is 0. The van der Waals surface area contributed by atoms with Crippen LogP contribution in [0.25, 0.3) is 0 Å². The summed E-state index contributed by atoms with van der Waals surface area (Å²) < 4.78 is 5.31. The first-order valence-electron chi connectivity index (χ1n) is 8.13. The Hall–Kier alpha value is -0.420. The lowest BCUT2D eigenvalue weighted by Crippen LogP contribution is -2.40. The predicted molar refractivity (Wildman–Crippen MR) is 91.0 cm³/mol. The van der Waals surface area contributed by atoms with Gasteiger partial charge in [0.25, 0.3) is 0 Å². The predicted octanol–water partition coefficient (Wildman–Crippen LogP) is 3.55. The Labute approximate surface area is 134 Å². The summed E-state index contributed by atoms with van der Waals surface area (Å²) in [6.07, 6.45) is 4.09. The van der Waals surface area contributed by atoms with Crippen LogP contribution in [0.3, 0.4) is 0 Å². The highest BCUT2D eigenvalue weighted by Crippen LogP contribution is 2.21. The fourth-order valence-electron chi connectivity index (χ4n) is 2.63. The number of ether oxygens (including phenoxy) is 1. The van der Waals surface area contributed by atoms with Crippen LogP contribution >= 0.6 is 11.8 Å². The molecule has 0 bridgehead atoms. The molecule has 4 nitrogen and oxygen atoms in total. The number of rotatable bonds is 7. The van der Waals surface area contributed by atoms with Crippen molar-refractivity contribution in [3.8, 4) is 0 Å². The van der Waals surface area contributed by atoms with E-state index >= 15 is 0 Å². The van der Waals surface area contributed by atoms with E-state index in [-0.39, 0.29) is 12.1 Å². The van der Waals surface area contributed by atoms with Gasteiger partial charge in [0, 0.05) is 18.1 Å². The summed E-state index contributed by atoms with van der Waals surface area (Å²) in [5.41, 5.74) is -0.425. The molecule has 0 aromatic carbocycles. The number of carbonyl (C=O) groups is 1. The third-order valence-electron chi connectivity index (χ3n) is 3.57. The second-order valence-corrected chi connectivity index (χ2v) is 8.30. The minimum atomic E-state index is -0.425. The number of thioether (sulfide) groups is 1. The van der Waals surface area contributed by atoms with Crippen LogP contribution in [0.4, 0.5) is 4.79 Å². The van der Waals surface area contributed by atoms with Crippen LogP contribution in [0.15, 0.2) is 0 Å². The molecule has 0 aromatic heterocycles. The van der Waals surface area contributed by atoms with Gasteiger partial charge in [0.05, 0.1) is 0 Å². The third-order valence-corrected chi connectivity index (χ3v) is 4.51. The van der Waals surface area contributed by atoms with Crippen LogP contribution in [-0.4, -0.2) is 41.3 Å². The highest BCUT2D eigenvalue weighted by atomic mass is 32.2. The molecule has 0 aromatic rings. The molecule has 0 aliphatic heterocycles. The summed E-state index contributed by atoms with van der Waals surface area (Å²) >= 11 is 2.00. The second-order valence-electron chi connectivity index (χ2n) is 6.91. The highest BCUT2D eigenvalue weighted by Gasteiger charge is 2.28. The first-order valence-corrected chi connectivity index (χ1v) is 9.29. The Balaban J connectivity index is 2.21. The molecule has 1 amide bonds. The average Bonchev–Trinajstić information content (AvgIpc) is 2.74. The van der Waals surface area contributed by atoms with Crippen molar-refractivity contribution >= 4 is 17.9 Å². The van der Waals surface area contributed by atoms with Gasteiger partial charge in [0.2, 0.25) is 0 Å². The topological polar surface area (TPSA) is 50.4 Å². The van der Waals surface area contributed by atoms with E-state index in [2.05, 4.69) is 24.5 Å². The maximum absolute atomic E-state index is 11.8. The molecule has 1 aliphatic carbocycles. The summed E-state index contributed by atoms with van der Waals surface area (Å²) in [6.45, 7) is 10.1. The van der Waals surface area contributed by atoms with E-state index in [0.717, 1.165) is 19.3 Å². The van der Waals surface area contributed by atoms with Crippen LogP contribution in [0.5, 0.6) is 0 Å². The van der Waals surface area contributed by atoms with Crippen molar-refractivity contribution in [2.45, 2.75) is 84.0 Å². The molecule has 0 radical (unpaired) electrons. The van der Waals surface area contributed by atoms with Crippen molar-refractivity contribution < 1.29 is 9.53 Å². The quantitative estimate of drug-likeness (QED) is 0.705. The lowest BCUT2D eigenvalue weighted by Gasteiger charge is -2.22. The Morgan fingerprint density at radius 1 is 1.33 bits per heavy atom. The van der Waals surface area contributed by atoms with E-state index in [4.69, 9.17) is 4.74 Å². The van der Waals surface area contributed by atoms with Crippen LogP contribution < -0.4 is 10.6 Å². The van der Waals surface area contributed by atoms with Gasteiger partial charge in [0.15, 0.2) is 0 Å². The molecule has 5 heteroatoms. The van der Waals surface area contributed by atoms with E-state index < -0.39 is 5.60 Å². The number of alkyl carbamates (subject to hydrolysis) is 1. The van der Waals surface area contributed by atoms with Gasteiger partial charge in [-0.25, -0.2) is 4.79 Å². The van der Waals surface area contributed by atoms with Crippen molar-refractivity contribution in [3.05, 3.63) is 0 Å². The third kappa shape index (κ3) is 8.57. The van der Waals surface area contributed by atoms with Gasteiger partial charge in [-0.2, -0.15) is 11.8 Å². The molecule has 3 unspecified atom stereocenters. The number of hydrogen-bond acceptors (Lipinski definition) is 4. The Morgan fingerprint density at radius 2 is 2.00 bits per heavy atom. The van der Waals surface area contributed by atoms with Crippen molar-refractivity contribution in [2.75, 3.05) is 11.5 Å². The number of hydrogen-bond donors (Lipinski definition) is 2. The minimum Gasteiger partial charge on any atom is -0.444 e. The van der Waals surface area contributed by atoms with Gasteiger partial charge in [-0.05, 0) is 64.9 Å². The standard InChI is InChI=1S/C16H32N2O2S/c1-6-21-10-9-12(2)17-13-7-8-14(11-13)18-15(19)20-16(3,4)5/h12-14,17H,6-11H2,1-5H3,(H,18,19). The van der Waals surface area contributed by atoms with Crippen molar-refractivity contribution in [1.29, 1.82) is 0 Å². The maximum Gasteiger partial charge on any atom is 0.407 e. The van der Waals surface area contributed by atoms with Gasteiger partial charge >= 0.3 is 6.09 Å². The Bertz CT molecular complexity index is 318. The molecule has 0 spiro atoms. The van der Waals surface area contributed by atoms with E-state index in [1.165, 1.54) is 17.9 Å². The minimum absolute atomic E-state index is 0.245. The highest BCUT2D eigenvalue weighted by molar-refractivity contribution is 7.99. The van der Waals surface area contributed by atoms with Gasteiger partial charge in [-0.1, -0.05) is 6.92 Å². The fraction of sp³-hybridized carbons (Fsp3) is 0.938. The maximum atomic E-state index is 11.8.